The van der Waals surface area contributed by atoms with Crippen LogP contribution in [0.2, 0.25) is 5.02 Å². The first-order chi connectivity index (χ1) is 13.7. The number of benzene rings is 2. The molecule has 0 saturated heterocycles. The Balaban J connectivity index is 1.51. The van der Waals surface area contributed by atoms with Crippen LogP contribution in [-0.2, 0) is 0 Å². The second-order valence-corrected chi connectivity index (χ2v) is 6.56. The first-order valence-electron chi connectivity index (χ1n) is 8.79. The molecule has 0 atom stereocenters. The molecule has 1 N–H and O–H groups in total. The zero-order chi connectivity index (χ0) is 19.3. The number of anilines is 1. The lowest BCUT2D eigenvalue weighted by Gasteiger charge is -2.20. The average Bonchev–Trinajstić information content (AvgIpc) is 2.73. The van der Waals surface area contributed by atoms with E-state index in [0.717, 1.165) is 11.3 Å². The van der Waals surface area contributed by atoms with Crippen LogP contribution in [0.4, 0.5) is 5.69 Å². The lowest BCUT2D eigenvalue weighted by molar-refractivity contribution is 0.102. The minimum atomic E-state index is -0.273. The topological polar surface area (TPSA) is 60.5 Å². The van der Waals surface area contributed by atoms with Gasteiger partial charge >= 0.3 is 0 Å². The number of aromatic nitrogens is 1. The van der Waals surface area contributed by atoms with Crippen molar-refractivity contribution in [3.63, 3.8) is 0 Å². The molecule has 0 saturated carbocycles. The Morgan fingerprint density at radius 2 is 1.93 bits per heavy atom. The van der Waals surface area contributed by atoms with Gasteiger partial charge in [-0.1, -0.05) is 35.9 Å². The van der Waals surface area contributed by atoms with Crippen molar-refractivity contribution in [2.45, 2.75) is 0 Å². The van der Waals surface area contributed by atoms with E-state index in [4.69, 9.17) is 21.1 Å². The molecule has 0 spiro atoms. The molecule has 0 fully saturated rings. The summed E-state index contributed by atoms with van der Waals surface area (Å²) in [6.07, 6.45) is 5.61. The number of rotatable bonds is 4. The number of ether oxygens (including phenoxy) is 2. The number of fused-ring (bicyclic) bond motifs is 1. The quantitative estimate of drug-likeness (QED) is 0.684. The van der Waals surface area contributed by atoms with Gasteiger partial charge in [0.05, 0.1) is 10.7 Å². The molecule has 1 amide bonds. The van der Waals surface area contributed by atoms with Crippen LogP contribution in [0.1, 0.15) is 21.6 Å². The normalized spacial score (nSPS) is 12.8. The monoisotopic (exact) mass is 392 g/mol. The number of hydrogen-bond donors (Lipinski definition) is 1. The molecular formula is C22H17ClN2O3. The molecule has 0 bridgehead atoms. The van der Waals surface area contributed by atoms with Crippen molar-refractivity contribution in [1.29, 1.82) is 0 Å². The molecule has 6 heteroatoms. The minimum Gasteiger partial charge on any atom is -0.486 e. The maximum Gasteiger partial charge on any atom is 0.255 e. The van der Waals surface area contributed by atoms with Gasteiger partial charge in [-0.05, 0) is 48.0 Å². The van der Waals surface area contributed by atoms with Gasteiger partial charge in [0.1, 0.15) is 13.2 Å². The molecule has 1 aliphatic heterocycles. The van der Waals surface area contributed by atoms with Gasteiger partial charge in [-0.25, -0.2) is 0 Å². The number of carbonyl (C=O) groups excluding carboxylic acids is 1. The number of nitrogens with one attached hydrogen (secondary N) is 1. The number of carbonyl (C=O) groups is 1. The summed E-state index contributed by atoms with van der Waals surface area (Å²) in [6, 6.07) is 16.5. The van der Waals surface area contributed by atoms with Crippen LogP contribution in [-0.4, -0.2) is 24.1 Å². The summed E-state index contributed by atoms with van der Waals surface area (Å²) in [5, 5.41) is 3.24. The standard InChI is InChI=1S/C22H17ClN2O3/c23-19-13-16(14-20-21(19)28-11-10-27-20)22(26)25-18-6-3-4-15(12-18)7-8-17-5-1-2-9-24-17/h1-9,12-14H,10-11H2,(H,25,26). The summed E-state index contributed by atoms with van der Waals surface area (Å²) in [5.74, 6) is 0.687. The number of nitrogens with zero attached hydrogens (tertiary/aromatic N) is 1. The molecule has 5 nitrogen and oxygen atoms in total. The third-order valence-electron chi connectivity index (χ3n) is 4.14. The van der Waals surface area contributed by atoms with Gasteiger partial charge in [0.15, 0.2) is 11.5 Å². The number of halogens is 1. The van der Waals surface area contributed by atoms with Gasteiger partial charge in [0.2, 0.25) is 0 Å². The highest BCUT2D eigenvalue weighted by atomic mass is 35.5. The van der Waals surface area contributed by atoms with Crippen molar-refractivity contribution in [1.82, 2.24) is 4.98 Å². The summed E-state index contributed by atoms with van der Waals surface area (Å²) in [7, 11) is 0. The molecule has 0 unspecified atom stereocenters. The van der Waals surface area contributed by atoms with Crippen molar-refractivity contribution < 1.29 is 14.3 Å². The van der Waals surface area contributed by atoms with Crippen LogP contribution in [0.15, 0.2) is 60.8 Å². The Hall–Kier alpha value is -3.31. The van der Waals surface area contributed by atoms with Crippen LogP contribution in [0, 0.1) is 0 Å². The van der Waals surface area contributed by atoms with Crippen molar-refractivity contribution in [2.75, 3.05) is 18.5 Å². The van der Waals surface area contributed by atoms with E-state index in [0.29, 0.717) is 41.0 Å². The highest BCUT2D eigenvalue weighted by molar-refractivity contribution is 6.32. The SMILES string of the molecule is O=C(Nc1cccc(C=Cc2ccccn2)c1)c1cc(Cl)c2c(c1)OCCO2. The second-order valence-electron chi connectivity index (χ2n) is 6.15. The molecule has 3 aromatic rings. The number of hydrogen-bond acceptors (Lipinski definition) is 4. The zero-order valence-corrected chi connectivity index (χ0v) is 15.6. The van der Waals surface area contributed by atoms with Crippen molar-refractivity contribution in [3.8, 4) is 11.5 Å². The van der Waals surface area contributed by atoms with E-state index in [1.807, 2.05) is 54.6 Å². The van der Waals surface area contributed by atoms with E-state index in [9.17, 15) is 4.79 Å². The second kappa shape index (κ2) is 8.15. The molecule has 0 aliphatic carbocycles. The van der Waals surface area contributed by atoms with Crippen LogP contribution in [0.5, 0.6) is 11.5 Å². The fourth-order valence-corrected chi connectivity index (χ4v) is 3.09. The van der Waals surface area contributed by atoms with Gasteiger partial charge in [-0.3, -0.25) is 9.78 Å². The van der Waals surface area contributed by atoms with E-state index >= 15 is 0 Å². The van der Waals surface area contributed by atoms with Gasteiger partial charge < -0.3 is 14.8 Å². The van der Waals surface area contributed by atoms with Gasteiger partial charge in [0.25, 0.3) is 5.91 Å². The Labute approximate surface area is 167 Å². The third kappa shape index (κ3) is 4.15. The fraction of sp³-hybridized carbons (Fsp3) is 0.0909. The summed E-state index contributed by atoms with van der Waals surface area (Å²) < 4.78 is 11.0. The molecule has 1 aliphatic rings. The highest BCUT2D eigenvalue weighted by Gasteiger charge is 2.19. The molecule has 0 radical (unpaired) electrons. The lowest BCUT2D eigenvalue weighted by Crippen LogP contribution is -2.17. The number of amides is 1. The van der Waals surface area contributed by atoms with Crippen LogP contribution < -0.4 is 14.8 Å². The van der Waals surface area contributed by atoms with E-state index in [-0.39, 0.29) is 5.91 Å². The van der Waals surface area contributed by atoms with E-state index in [1.165, 1.54) is 0 Å². The Morgan fingerprint density at radius 1 is 1.04 bits per heavy atom. The van der Waals surface area contributed by atoms with Gasteiger partial charge in [0, 0.05) is 17.4 Å². The predicted octanol–water partition coefficient (Wildman–Crippen LogP) is 4.93. The maximum atomic E-state index is 12.6. The Bertz CT molecular complexity index is 1040. The summed E-state index contributed by atoms with van der Waals surface area (Å²) >= 11 is 6.22. The third-order valence-corrected chi connectivity index (χ3v) is 4.42. The largest absolute Gasteiger partial charge is 0.486 e. The van der Waals surface area contributed by atoms with Gasteiger partial charge in [-0.2, -0.15) is 0 Å². The van der Waals surface area contributed by atoms with Crippen LogP contribution in [0.3, 0.4) is 0 Å². The average molecular weight is 393 g/mol. The Kier molecular flexibility index (Phi) is 5.26. The molecule has 140 valence electrons. The molecule has 28 heavy (non-hydrogen) atoms. The van der Waals surface area contributed by atoms with E-state index in [1.54, 1.807) is 18.3 Å². The van der Waals surface area contributed by atoms with Crippen LogP contribution in [0.25, 0.3) is 12.2 Å². The lowest BCUT2D eigenvalue weighted by atomic mass is 10.1. The maximum absolute atomic E-state index is 12.6. The van der Waals surface area contributed by atoms with E-state index in [2.05, 4.69) is 10.3 Å². The predicted molar refractivity (Wildman–Crippen MR) is 110 cm³/mol. The molecular weight excluding hydrogens is 376 g/mol. The Morgan fingerprint density at radius 3 is 2.79 bits per heavy atom. The molecule has 2 aromatic carbocycles. The fourth-order valence-electron chi connectivity index (χ4n) is 2.82. The zero-order valence-electron chi connectivity index (χ0n) is 14.9. The first-order valence-corrected chi connectivity index (χ1v) is 9.16. The highest BCUT2D eigenvalue weighted by Crippen LogP contribution is 2.38. The smallest absolute Gasteiger partial charge is 0.255 e. The minimum absolute atomic E-state index is 0.273. The van der Waals surface area contributed by atoms with E-state index < -0.39 is 0 Å². The van der Waals surface area contributed by atoms with Crippen molar-refractivity contribution in [2.24, 2.45) is 0 Å². The molecule has 1 aromatic heterocycles. The first kappa shape index (κ1) is 18.1. The van der Waals surface area contributed by atoms with Crippen LogP contribution >= 0.6 is 11.6 Å². The summed E-state index contributed by atoms with van der Waals surface area (Å²) in [4.78, 5) is 16.9. The molecule has 4 rings (SSSR count). The summed E-state index contributed by atoms with van der Waals surface area (Å²) in [6.45, 7) is 0.871. The number of pyridine rings is 1. The molecule has 2 heterocycles. The van der Waals surface area contributed by atoms with Crippen molar-refractivity contribution >= 4 is 35.3 Å². The van der Waals surface area contributed by atoms with Crippen molar-refractivity contribution in [3.05, 3.63) is 82.6 Å². The van der Waals surface area contributed by atoms with Gasteiger partial charge in [-0.15, -0.1) is 0 Å². The summed E-state index contributed by atoms with van der Waals surface area (Å²) in [5.41, 5.74) is 2.90.